The molecule has 0 aliphatic carbocycles. The summed E-state index contributed by atoms with van der Waals surface area (Å²) in [6.45, 7) is 0. The zero-order valence-corrected chi connectivity index (χ0v) is 16.1. The lowest BCUT2D eigenvalue weighted by Crippen LogP contribution is -1.98. The third kappa shape index (κ3) is 9.65. The largest absolute Gasteiger partial charge is 0.497 e. The molecule has 2 aromatic carbocycles. The van der Waals surface area contributed by atoms with Crippen LogP contribution in [0.15, 0.2) is 79.1 Å². The fourth-order valence-corrected chi connectivity index (χ4v) is 1.99. The Balaban J connectivity index is 0.000000226. The van der Waals surface area contributed by atoms with Crippen molar-refractivity contribution in [2.24, 2.45) is 0 Å². The number of aromatic carboxylic acids is 2. The highest BCUT2D eigenvalue weighted by molar-refractivity contribution is 5.87. The summed E-state index contributed by atoms with van der Waals surface area (Å²) in [4.78, 5) is 34.3. The molecule has 156 valence electrons. The van der Waals surface area contributed by atoms with E-state index in [4.69, 9.17) is 20.1 Å². The monoisotopic (exact) mass is 411 g/mol. The molecule has 0 saturated heterocycles. The molecule has 8 nitrogen and oxygen atoms in total. The van der Waals surface area contributed by atoms with Gasteiger partial charge in [-0.2, -0.15) is 0 Å². The van der Waals surface area contributed by atoms with Gasteiger partial charge in [0.05, 0.1) is 24.7 Å². The zero-order chi connectivity index (χ0) is 22.4. The third-order valence-electron chi connectivity index (χ3n) is 3.44. The fraction of sp³-hybridized carbons (Fsp3) is 0.0909. The topological polar surface area (TPSA) is 134 Å². The molecular formula is C22H21NO7. The predicted molar refractivity (Wildman–Crippen MR) is 109 cm³/mol. The van der Waals surface area contributed by atoms with E-state index in [1.807, 2.05) is 18.2 Å². The van der Waals surface area contributed by atoms with Gasteiger partial charge in [0.2, 0.25) is 0 Å². The Morgan fingerprint density at radius 1 is 0.800 bits per heavy atom. The minimum atomic E-state index is -0.942. The van der Waals surface area contributed by atoms with Crippen molar-refractivity contribution < 1.29 is 34.4 Å². The molecule has 0 radical (unpaired) electrons. The number of aromatic nitrogens is 1. The van der Waals surface area contributed by atoms with Gasteiger partial charge in [-0.1, -0.05) is 30.3 Å². The molecule has 0 aliphatic rings. The van der Waals surface area contributed by atoms with E-state index in [1.165, 1.54) is 37.7 Å². The average molecular weight is 411 g/mol. The van der Waals surface area contributed by atoms with Gasteiger partial charge in [0.15, 0.2) is 0 Å². The first-order valence-electron chi connectivity index (χ1n) is 8.60. The summed E-state index contributed by atoms with van der Waals surface area (Å²) < 4.78 is 4.86. The molecule has 0 amide bonds. The lowest BCUT2D eigenvalue weighted by Gasteiger charge is -1.98. The van der Waals surface area contributed by atoms with Crippen LogP contribution in [0.1, 0.15) is 26.3 Å². The van der Waals surface area contributed by atoms with Gasteiger partial charge in [-0.15, -0.1) is 0 Å². The molecule has 8 heteroatoms. The van der Waals surface area contributed by atoms with Gasteiger partial charge in [0, 0.05) is 12.4 Å². The summed E-state index contributed by atoms with van der Waals surface area (Å²) in [5, 5.41) is 25.2. The average Bonchev–Trinajstić information content (AvgIpc) is 2.75. The van der Waals surface area contributed by atoms with Crippen LogP contribution < -0.4 is 4.74 Å². The Bertz CT molecular complexity index is 927. The van der Waals surface area contributed by atoms with Gasteiger partial charge in [-0.05, 0) is 42.0 Å². The smallest absolute Gasteiger partial charge is 0.337 e. The summed E-state index contributed by atoms with van der Waals surface area (Å²) in [6.07, 6.45) is 2.95. The number of methoxy groups -OCH3 is 1. The van der Waals surface area contributed by atoms with Gasteiger partial charge in [-0.25, -0.2) is 9.59 Å². The molecule has 0 spiro atoms. The zero-order valence-electron chi connectivity index (χ0n) is 16.1. The maximum absolute atomic E-state index is 10.4. The molecule has 0 saturated carbocycles. The molecule has 3 aromatic rings. The molecule has 0 atom stereocenters. The molecule has 0 fully saturated rings. The van der Waals surface area contributed by atoms with Crippen LogP contribution in [-0.2, 0) is 11.2 Å². The number of benzene rings is 2. The molecule has 1 heterocycles. The normalized spacial score (nSPS) is 9.10. The maximum Gasteiger partial charge on any atom is 0.337 e. The molecule has 0 aliphatic heterocycles. The van der Waals surface area contributed by atoms with Crippen molar-refractivity contribution >= 4 is 17.9 Å². The minimum absolute atomic E-state index is 0.112. The Labute approximate surface area is 173 Å². The Hall–Kier alpha value is -4.20. The van der Waals surface area contributed by atoms with Gasteiger partial charge in [0.25, 0.3) is 0 Å². The van der Waals surface area contributed by atoms with Crippen LogP contribution in [0.2, 0.25) is 0 Å². The lowest BCUT2D eigenvalue weighted by molar-refractivity contribution is -0.136. The quantitative estimate of drug-likeness (QED) is 0.581. The number of carboxylic acid groups (broad SMARTS) is 3. The first-order valence-corrected chi connectivity index (χ1v) is 8.60. The summed E-state index contributed by atoms with van der Waals surface area (Å²) in [7, 11) is 1.54. The van der Waals surface area contributed by atoms with Crippen molar-refractivity contribution in [3.05, 3.63) is 95.8 Å². The van der Waals surface area contributed by atoms with E-state index in [2.05, 4.69) is 4.98 Å². The molecule has 1 aromatic heterocycles. The summed E-state index contributed by atoms with van der Waals surface area (Å²) in [6, 6.07) is 18.4. The molecule has 3 N–H and O–H groups in total. The van der Waals surface area contributed by atoms with Crippen molar-refractivity contribution in [2.75, 3.05) is 7.11 Å². The van der Waals surface area contributed by atoms with E-state index < -0.39 is 17.9 Å². The van der Waals surface area contributed by atoms with E-state index in [-0.39, 0.29) is 17.5 Å². The van der Waals surface area contributed by atoms with Crippen LogP contribution in [0.25, 0.3) is 0 Å². The second kappa shape index (κ2) is 13.1. The van der Waals surface area contributed by atoms with Crippen LogP contribution >= 0.6 is 0 Å². The van der Waals surface area contributed by atoms with Gasteiger partial charge >= 0.3 is 17.9 Å². The number of carbonyl (C=O) groups is 3. The van der Waals surface area contributed by atoms with E-state index >= 15 is 0 Å². The Morgan fingerprint density at radius 2 is 1.40 bits per heavy atom. The number of carboxylic acids is 3. The minimum Gasteiger partial charge on any atom is -0.497 e. The van der Waals surface area contributed by atoms with Crippen molar-refractivity contribution in [1.82, 2.24) is 4.98 Å². The number of hydrogen-bond acceptors (Lipinski definition) is 5. The first kappa shape index (κ1) is 23.8. The number of ether oxygens (including phenoxy) is 1. The maximum atomic E-state index is 10.4. The van der Waals surface area contributed by atoms with Gasteiger partial charge in [0.1, 0.15) is 5.75 Å². The van der Waals surface area contributed by atoms with E-state index in [1.54, 1.807) is 30.3 Å². The fourth-order valence-electron chi connectivity index (χ4n) is 1.99. The number of aliphatic carboxylic acids is 1. The Kier molecular flexibility index (Phi) is 10.4. The number of hydrogen-bond donors (Lipinski definition) is 3. The Morgan fingerprint density at radius 3 is 1.80 bits per heavy atom. The van der Waals surface area contributed by atoms with E-state index in [0.717, 1.165) is 5.56 Å². The standard InChI is InChI=1S/C8H8O3.C8H8O2.C6H5NO2/c1-11-7-4-2-6(3-5-7)8(9)10;9-8(10)6-7-4-2-1-3-5-7;8-6(9)5-2-1-3-7-4-5/h2-5H,1H3,(H,9,10);1-5H,6H2,(H,9,10);1-4H,(H,8,9). The number of rotatable bonds is 5. The van der Waals surface area contributed by atoms with Crippen molar-refractivity contribution in [2.45, 2.75) is 6.42 Å². The highest BCUT2D eigenvalue weighted by Crippen LogP contribution is 2.10. The molecule has 0 unspecified atom stereocenters. The highest BCUT2D eigenvalue weighted by Gasteiger charge is 2.00. The summed E-state index contributed by atoms with van der Waals surface area (Å²) >= 11 is 0. The highest BCUT2D eigenvalue weighted by atomic mass is 16.5. The van der Waals surface area contributed by atoms with E-state index in [0.29, 0.717) is 5.75 Å². The van der Waals surface area contributed by atoms with Crippen LogP contribution in [0, 0.1) is 0 Å². The molecule has 30 heavy (non-hydrogen) atoms. The third-order valence-corrected chi connectivity index (χ3v) is 3.44. The van der Waals surface area contributed by atoms with Gasteiger partial charge < -0.3 is 20.1 Å². The van der Waals surface area contributed by atoms with Crippen LogP contribution in [0.4, 0.5) is 0 Å². The summed E-state index contributed by atoms with van der Waals surface area (Å²) in [5.74, 6) is -1.99. The van der Waals surface area contributed by atoms with Crippen LogP contribution in [0.3, 0.4) is 0 Å². The second-order valence-corrected chi connectivity index (χ2v) is 5.64. The SMILES string of the molecule is COc1ccc(C(=O)O)cc1.O=C(O)Cc1ccccc1.O=C(O)c1cccnc1. The van der Waals surface area contributed by atoms with Crippen LogP contribution in [-0.4, -0.2) is 45.3 Å². The lowest BCUT2D eigenvalue weighted by atomic mass is 10.2. The van der Waals surface area contributed by atoms with Crippen molar-refractivity contribution in [3.8, 4) is 5.75 Å². The van der Waals surface area contributed by atoms with Crippen molar-refractivity contribution in [1.29, 1.82) is 0 Å². The van der Waals surface area contributed by atoms with Crippen molar-refractivity contribution in [3.63, 3.8) is 0 Å². The molecular weight excluding hydrogens is 390 g/mol. The molecule has 0 bridgehead atoms. The summed E-state index contributed by atoms with van der Waals surface area (Å²) in [5.41, 5.74) is 1.33. The predicted octanol–water partition coefficient (Wildman–Crippen LogP) is 3.49. The number of nitrogens with zero attached hydrogens (tertiary/aromatic N) is 1. The number of pyridine rings is 1. The first-order chi connectivity index (χ1) is 14.3. The van der Waals surface area contributed by atoms with Crippen LogP contribution in [0.5, 0.6) is 5.75 Å². The van der Waals surface area contributed by atoms with E-state index in [9.17, 15) is 14.4 Å². The van der Waals surface area contributed by atoms with Gasteiger partial charge in [-0.3, -0.25) is 9.78 Å². The second-order valence-electron chi connectivity index (χ2n) is 5.64. The molecule has 3 rings (SSSR count).